The van der Waals surface area contributed by atoms with E-state index in [4.69, 9.17) is 9.72 Å². The molecule has 30 heavy (non-hydrogen) atoms. The van der Waals surface area contributed by atoms with Gasteiger partial charge in [0.15, 0.2) is 15.0 Å². The molecule has 2 aromatic carbocycles. The van der Waals surface area contributed by atoms with Gasteiger partial charge in [0.25, 0.3) is 0 Å². The van der Waals surface area contributed by atoms with Gasteiger partial charge in [-0.25, -0.2) is 13.4 Å². The number of ether oxygens (including phenoxy) is 1. The molecule has 0 bridgehead atoms. The largest absolute Gasteiger partial charge is 0.496 e. The van der Waals surface area contributed by atoms with Crippen LogP contribution in [0.15, 0.2) is 63.3 Å². The molecule has 0 amide bonds. The van der Waals surface area contributed by atoms with Crippen molar-refractivity contribution in [1.82, 2.24) is 4.98 Å². The minimum absolute atomic E-state index is 0.351. The van der Waals surface area contributed by atoms with E-state index in [1.54, 1.807) is 36.6 Å². The van der Waals surface area contributed by atoms with E-state index in [1.165, 1.54) is 0 Å². The summed E-state index contributed by atoms with van der Waals surface area (Å²) in [4.78, 5) is 7.38. The highest BCUT2D eigenvalue weighted by Gasteiger charge is 2.32. The van der Waals surface area contributed by atoms with Crippen LogP contribution in [0.3, 0.4) is 0 Å². The fraction of sp³-hybridized carbons (Fsp3) is 0.318. The van der Waals surface area contributed by atoms with E-state index in [-0.39, 0.29) is 5.25 Å². The summed E-state index contributed by atoms with van der Waals surface area (Å²) in [5.41, 5.74) is 2.11. The summed E-state index contributed by atoms with van der Waals surface area (Å²) in [5.74, 6) is 0.866. The van der Waals surface area contributed by atoms with Crippen LogP contribution in [0.5, 0.6) is 5.75 Å². The zero-order valence-corrected chi connectivity index (χ0v) is 19.8. The van der Waals surface area contributed by atoms with E-state index in [0.717, 1.165) is 26.6 Å². The van der Waals surface area contributed by atoms with Crippen molar-refractivity contribution in [2.75, 3.05) is 25.1 Å². The van der Waals surface area contributed by atoms with Crippen LogP contribution < -0.4 is 9.64 Å². The fourth-order valence-electron chi connectivity index (χ4n) is 3.76. The maximum Gasteiger partial charge on any atom is 0.185 e. The lowest BCUT2D eigenvalue weighted by atomic mass is 10.1. The molecule has 0 unspecified atom stereocenters. The Labute approximate surface area is 189 Å². The second kappa shape index (κ2) is 9.08. The van der Waals surface area contributed by atoms with Crippen LogP contribution in [0, 0.1) is 0 Å². The summed E-state index contributed by atoms with van der Waals surface area (Å²) in [6.07, 6.45) is 1.93. The molecular formula is C22H23BrN2O3S2. The standard InChI is InChI=1S/C22H23BrN2O3S2/c1-28-21-8-3-2-5-16(21)13-18-15-29-22(24-18)25-11-9-19(10-12-25)30(26,27)20-7-4-6-17(23)14-20/h2-8,14-15,19H,9-13H2,1H3. The van der Waals surface area contributed by atoms with Gasteiger partial charge in [-0.3, -0.25) is 0 Å². The van der Waals surface area contributed by atoms with Gasteiger partial charge >= 0.3 is 0 Å². The Morgan fingerprint density at radius 3 is 2.67 bits per heavy atom. The monoisotopic (exact) mass is 506 g/mol. The summed E-state index contributed by atoms with van der Waals surface area (Å²) in [7, 11) is -1.64. The molecule has 1 aliphatic rings. The van der Waals surface area contributed by atoms with Crippen molar-refractivity contribution in [3.63, 3.8) is 0 Å². The number of halogens is 1. The smallest absolute Gasteiger partial charge is 0.185 e. The molecule has 158 valence electrons. The maximum absolute atomic E-state index is 13.0. The maximum atomic E-state index is 13.0. The topological polar surface area (TPSA) is 59.5 Å². The van der Waals surface area contributed by atoms with Gasteiger partial charge in [-0.15, -0.1) is 11.3 Å². The zero-order valence-electron chi connectivity index (χ0n) is 16.6. The molecule has 1 aliphatic heterocycles. The fourth-order valence-corrected chi connectivity index (χ4v) is 6.97. The van der Waals surface area contributed by atoms with Crippen LogP contribution in [-0.2, 0) is 16.3 Å². The third-order valence-electron chi connectivity index (χ3n) is 5.38. The normalized spacial score (nSPS) is 15.3. The number of aromatic nitrogens is 1. The first kappa shape index (κ1) is 21.3. The summed E-state index contributed by atoms with van der Waals surface area (Å²) in [6.45, 7) is 1.39. The summed E-state index contributed by atoms with van der Waals surface area (Å²) in [6, 6.07) is 14.9. The molecular weight excluding hydrogens is 484 g/mol. The molecule has 0 radical (unpaired) electrons. The lowest BCUT2D eigenvalue weighted by Crippen LogP contribution is -2.39. The molecule has 0 atom stereocenters. The van der Waals surface area contributed by atoms with Crippen LogP contribution >= 0.6 is 27.3 Å². The first-order valence-electron chi connectivity index (χ1n) is 9.78. The van der Waals surface area contributed by atoms with Gasteiger partial charge in [-0.1, -0.05) is 40.2 Å². The van der Waals surface area contributed by atoms with Gasteiger partial charge in [-0.05, 0) is 37.1 Å². The summed E-state index contributed by atoms with van der Waals surface area (Å²) < 4.78 is 32.2. The number of benzene rings is 2. The van der Waals surface area contributed by atoms with Gasteiger partial charge < -0.3 is 9.64 Å². The van der Waals surface area contributed by atoms with Gasteiger partial charge in [-0.2, -0.15) is 0 Å². The highest BCUT2D eigenvalue weighted by molar-refractivity contribution is 9.10. The van der Waals surface area contributed by atoms with Crippen molar-refractivity contribution < 1.29 is 13.2 Å². The van der Waals surface area contributed by atoms with Crippen molar-refractivity contribution in [3.8, 4) is 5.75 Å². The van der Waals surface area contributed by atoms with E-state index in [2.05, 4.69) is 32.3 Å². The van der Waals surface area contributed by atoms with Crippen LogP contribution in [0.25, 0.3) is 0 Å². The number of anilines is 1. The molecule has 3 aromatic rings. The number of nitrogens with zero attached hydrogens (tertiary/aromatic N) is 2. The third kappa shape index (κ3) is 4.55. The van der Waals surface area contributed by atoms with Crippen LogP contribution in [0.2, 0.25) is 0 Å². The number of methoxy groups -OCH3 is 1. The molecule has 8 heteroatoms. The molecule has 0 saturated carbocycles. The molecule has 1 fully saturated rings. The minimum Gasteiger partial charge on any atom is -0.496 e. The molecule has 0 N–H and O–H groups in total. The molecule has 4 rings (SSSR count). The van der Waals surface area contributed by atoms with Gasteiger partial charge in [0.05, 0.1) is 22.9 Å². The van der Waals surface area contributed by atoms with Gasteiger partial charge in [0, 0.05) is 34.9 Å². The van der Waals surface area contributed by atoms with E-state index in [9.17, 15) is 8.42 Å². The molecule has 1 saturated heterocycles. The SMILES string of the molecule is COc1ccccc1Cc1csc(N2CCC(S(=O)(=O)c3cccc(Br)c3)CC2)n1. The highest BCUT2D eigenvalue weighted by atomic mass is 79.9. The average Bonchev–Trinajstić information content (AvgIpc) is 3.23. The lowest BCUT2D eigenvalue weighted by molar-refractivity contribution is 0.410. The number of rotatable bonds is 6. The Morgan fingerprint density at radius 1 is 1.17 bits per heavy atom. The highest BCUT2D eigenvalue weighted by Crippen LogP contribution is 2.31. The Kier molecular flexibility index (Phi) is 6.46. The summed E-state index contributed by atoms with van der Waals surface area (Å²) >= 11 is 4.98. The van der Waals surface area contributed by atoms with Crippen LogP contribution in [0.4, 0.5) is 5.13 Å². The van der Waals surface area contributed by atoms with Gasteiger partial charge in [0.2, 0.25) is 0 Å². The summed E-state index contributed by atoms with van der Waals surface area (Å²) in [5, 5.41) is 2.68. The van der Waals surface area contributed by atoms with E-state index >= 15 is 0 Å². The Morgan fingerprint density at radius 2 is 1.93 bits per heavy atom. The van der Waals surface area contributed by atoms with E-state index < -0.39 is 9.84 Å². The predicted octanol–water partition coefficient (Wildman–Crippen LogP) is 4.95. The van der Waals surface area contributed by atoms with Crippen molar-refractivity contribution in [1.29, 1.82) is 0 Å². The van der Waals surface area contributed by atoms with E-state index in [1.807, 2.05) is 24.3 Å². The molecule has 5 nitrogen and oxygen atoms in total. The van der Waals surface area contributed by atoms with Crippen molar-refractivity contribution in [3.05, 3.63) is 69.6 Å². The average molecular weight is 507 g/mol. The number of sulfone groups is 1. The Balaban J connectivity index is 1.41. The first-order chi connectivity index (χ1) is 14.5. The second-order valence-corrected chi connectivity index (χ2v) is 11.3. The zero-order chi connectivity index (χ0) is 21.1. The van der Waals surface area contributed by atoms with Crippen LogP contribution in [0.1, 0.15) is 24.1 Å². The Hall–Kier alpha value is -1.90. The first-order valence-corrected chi connectivity index (χ1v) is 13.0. The number of piperidine rings is 1. The Bertz CT molecular complexity index is 1120. The molecule has 2 heterocycles. The quantitative estimate of drug-likeness (QED) is 0.473. The van der Waals surface area contributed by atoms with Crippen molar-refractivity contribution in [2.24, 2.45) is 0 Å². The number of thiazole rings is 1. The third-order valence-corrected chi connectivity index (χ3v) is 9.08. The predicted molar refractivity (Wildman–Crippen MR) is 124 cm³/mol. The molecule has 0 aliphatic carbocycles. The van der Waals surface area contributed by atoms with Crippen molar-refractivity contribution >= 4 is 42.2 Å². The molecule has 0 spiro atoms. The number of hydrogen-bond acceptors (Lipinski definition) is 6. The minimum atomic E-state index is -3.32. The molecule has 1 aromatic heterocycles. The van der Waals surface area contributed by atoms with Gasteiger partial charge in [0.1, 0.15) is 5.75 Å². The lowest BCUT2D eigenvalue weighted by Gasteiger charge is -2.31. The van der Waals surface area contributed by atoms with Crippen LogP contribution in [-0.4, -0.2) is 38.9 Å². The second-order valence-electron chi connectivity index (χ2n) is 7.30. The number of hydrogen-bond donors (Lipinski definition) is 0. The van der Waals surface area contributed by atoms with E-state index in [0.29, 0.717) is 37.2 Å². The van der Waals surface area contributed by atoms with Crippen molar-refractivity contribution in [2.45, 2.75) is 29.4 Å². The number of para-hydroxylation sites is 1.